The first-order valence-electron chi connectivity index (χ1n) is 10.5. The Morgan fingerprint density at radius 3 is 1.87 bits per heavy atom. The van der Waals surface area contributed by atoms with Crippen molar-refractivity contribution in [3.05, 3.63) is 11.8 Å². The largest absolute Gasteiger partial charge is 0.300 e. The predicted molar refractivity (Wildman–Crippen MR) is 109 cm³/mol. The van der Waals surface area contributed by atoms with Crippen LogP contribution in [0.3, 0.4) is 0 Å². The van der Waals surface area contributed by atoms with E-state index < -0.39 is 8.80 Å². The average molecular weight is 338 g/mol. The highest BCUT2D eigenvalue weighted by atomic mass is 28.3. The fraction of sp³-hybridized carbons (Fsp3) is 0.905. The second-order valence-electron chi connectivity index (χ2n) is 8.15. The first-order valence-corrected chi connectivity index (χ1v) is 12.7. The van der Waals surface area contributed by atoms with Gasteiger partial charge in [0.05, 0.1) is 8.80 Å². The number of hydrogen-bond acceptors (Lipinski definition) is 1. The van der Waals surface area contributed by atoms with E-state index in [0.29, 0.717) is 0 Å². The van der Waals surface area contributed by atoms with Crippen molar-refractivity contribution in [3.8, 4) is 0 Å². The SMILES string of the molecule is C=C(C)[SiH](CCC)CC(C)C(C)N1CCCCCCCCCC1. The van der Waals surface area contributed by atoms with Crippen molar-refractivity contribution in [2.24, 2.45) is 5.92 Å². The third kappa shape index (κ3) is 8.53. The van der Waals surface area contributed by atoms with E-state index in [4.69, 9.17) is 0 Å². The fourth-order valence-electron chi connectivity index (χ4n) is 4.13. The molecule has 23 heavy (non-hydrogen) atoms. The molecule has 1 heterocycles. The van der Waals surface area contributed by atoms with E-state index in [1.807, 2.05) is 0 Å². The molecule has 0 radical (unpaired) electrons. The van der Waals surface area contributed by atoms with Gasteiger partial charge in [-0.15, -0.1) is 6.58 Å². The molecule has 0 aliphatic carbocycles. The minimum atomic E-state index is -0.740. The minimum Gasteiger partial charge on any atom is -0.300 e. The van der Waals surface area contributed by atoms with Crippen LogP contribution in [0, 0.1) is 5.92 Å². The summed E-state index contributed by atoms with van der Waals surface area (Å²) >= 11 is 0. The first kappa shape index (κ1) is 21.0. The number of rotatable bonds is 7. The van der Waals surface area contributed by atoms with E-state index >= 15 is 0 Å². The van der Waals surface area contributed by atoms with Crippen molar-refractivity contribution in [2.75, 3.05) is 13.1 Å². The van der Waals surface area contributed by atoms with Crippen LogP contribution in [-0.4, -0.2) is 32.8 Å². The zero-order valence-electron chi connectivity index (χ0n) is 16.6. The zero-order valence-corrected chi connectivity index (χ0v) is 17.7. The number of nitrogens with zero attached hydrogens (tertiary/aromatic N) is 1. The Labute approximate surface area is 148 Å². The van der Waals surface area contributed by atoms with Gasteiger partial charge in [-0.05, 0) is 45.7 Å². The van der Waals surface area contributed by atoms with Crippen LogP contribution in [0.15, 0.2) is 11.8 Å². The van der Waals surface area contributed by atoms with Gasteiger partial charge in [0.1, 0.15) is 0 Å². The van der Waals surface area contributed by atoms with Crippen molar-refractivity contribution in [1.82, 2.24) is 4.90 Å². The van der Waals surface area contributed by atoms with Crippen LogP contribution in [0.25, 0.3) is 0 Å². The van der Waals surface area contributed by atoms with Crippen molar-refractivity contribution >= 4 is 8.80 Å². The maximum Gasteiger partial charge on any atom is 0.0648 e. The van der Waals surface area contributed by atoms with E-state index in [1.165, 1.54) is 88.2 Å². The van der Waals surface area contributed by atoms with E-state index in [2.05, 4.69) is 39.2 Å². The molecule has 3 atom stereocenters. The Morgan fingerprint density at radius 2 is 1.43 bits per heavy atom. The lowest BCUT2D eigenvalue weighted by atomic mass is 10.0. The summed E-state index contributed by atoms with van der Waals surface area (Å²) in [6.45, 7) is 16.6. The van der Waals surface area contributed by atoms with Crippen LogP contribution in [0.1, 0.15) is 85.5 Å². The molecule has 0 saturated carbocycles. The summed E-state index contributed by atoms with van der Waals surface area (Å²) in [6.07, 6.45) is 12.9. The van der Waals surface area contributed by atoms with E-state index in [0.717, 1.165) is 12.0 Å². The van der Waals surface area contributed by atoms with Gasteiger partial charge in [-0.3, -0.25) is 0 Å². The maximum absolute atomic E-state index is 4.31. The molecule has 2 heteroatoms. The Balaban J connectivity index is 2.54. The standard InChI is InChI=1S/C21H43NSi/c1-6-17-23(19(2)3)18-20(4)21(5)22-15-13-11-9-7-8-10-12-14-16-22/h20-21,23H,2,6-18H2,1,3-5H3. The van der Waals surface area contributed by atoms with Gasteiger partial charge in [-0.2, -0.15) is 0 Å². The highest BCUT2D eigenvalue weighted by Crippen LogP contribution is 2.24. The van der Waals surface area contributed by atoms with Crippen LogP contribution in [0.2, 0.25) is 12.1 Å². The van der Waals surface area contributed by atoms with Gasteiger partial charge in [0.25, 0.3) is 0 Å². The van der Waals surface area contributed by atoms with Crippen molar-refractivity contribution in [2.45, 2.75) is 104 Å². The summed E-state index contributed by atoms with van der Waals surface area (Å²) in [5.74, 6) is 0.833. The van der Waals surface area contributed by atoms with Crippen molar-refractivity contribution in [1.29, 1.82) is 0 Å². The van der Waals surface area contributed by atoms with E-state index in [9.17, 15) is 0 Å². The van der Waals surface area contributed by atoms with Crippen molar-refractivity contribution in [3.63, 3.8) is 0 Å². The zero-order chi connectivity index (χ0) is 17.1. The molecule has 0 aromatic rings. The lowest BCUT2D eigenvalue weighted by Crippen LogP contribution is -2.40. The molecule has 1 saturated heterocycles. The Morgan fingerprint density at radius 1 is 0.957 bits per heavy atom. The lowest BCUT2D eigenvalue weighted by molar-refractivity contribution is 0.162. The van der Waals surface area contributed by atoms with Gasteiger partial charge in [0.2, 0.25) is 0 Å². The van der Waals surface area contributed by atoms with Gasteiger partial charge in [-0.1, -0.05) is 76.1 Å². The molecule has 136 valence electrons. The average Bonchev–Trinajstić information content (AvgIpc) is 2.58. The van der Waals surface area contributed by atoms with Crippen LogP contribution >= 0.6 is 0 Å². The monoisotopic (exact) mass is 337 g/mol. The van der Waals surface area contributed by atoms with Gasteiger partial charge >= 0.3 is 0 Å². The van der Waals surface area contributed by atoms with Crippen LogP contribution in [0.5, 0.6) is 0 Å². The van der Waals surface area contributed by atoms with E-state index in [-0.39, 0.29) is 0 Å². The van der Waals surface area contributed by atoms with Crippen molar-refractivity contribution < 1.29 is 0 Å². The minimum absolute atomic E-state index is 0.740. The molecular formula is C21H43NSi. The molecule has 1 aliphatic rings. The van der Waals surface area contributed by atoms with Crippen LogP contribution in [0.4, 0.5) is 0 Å². The third-order valence-corrected chi connectivity index (χ3v) is 10.0. The van der Waals surface area contributed by atoms with E-state index in [1.54, 1.807) is 0 Å². The second kappa shape index (κ2) is 12.3. The molecule has 1 nitrogen and oxygen atoms in total. The Hall–Kier alpha value is -0.0831. The summed E-state index contributed by atoms with van der Waals surface area (Å²) in [7, 11) is -0.740. The summed E-state index contributed by atoms with van der Waals surface area (Å²) in [5, 5.41) is 1.53. The fourth-order valence-corrected chi connectivity index (χ4v) is 7.25. The molecule has 1 rings (SSSR count). The molecule has 1 aliphatic heterocycles. The predicted octanol–water partition coefficient (Wildman–Crippen LogP) is 6.20. The topological polar surface area (TPSA) is 3.24 Å². The highest BCUT2D eigenvalue weighted by molar-refractivity contribution is 6.66. The molecule has 0 aromatic heterocycles. The molecule has 0 aromatic carbocycles. The number of hydrogen-bond donors (Lipinski definition) is 0. The quantitative estimate of drug-likeness (QED) is 0.500. The molecule has 0 spiro atoms. The Bertz CT molecular complexity index is 303. The molecule has 1 fully saturated rings. The van der Waals surface area contributed by atoms with Gasteiger partial charge in [-0.25, -0.2) is 0 Å². The molecule has 3 unspecified atom stereocenters. The Kier molecular flexibility index (Phi) is 11.2. The van der Waals surface area contributed by atoms with Crippen LogP contribution < -0.4 is 0 Å². The lowest BCUT2D eigenvalue weighted by Gasteiger charge is -2.35. The maximum atomic E-state index is 4.31. The normalized spacial score (nSPS) is 22.8. The summed E-state index contributed by atoms with van der Waals surface area (Å²) in [6, 6.07) is 3.66. The summed E-state index contributed by atoms with van der Waals surface area (Å²) in [4.78, 5) is 2.83. The summed E-state index contributed by atoms with van der Waals surface area (Å²) < 4.78 is 0. The first-order chi connectivity index (χ1) is 11.1. The smallest absolute Gasteiger partial charge is 0.0648 e. The molecule has 0 bridgehead atoms. The van der Waals surface area contributed by atoms with Crippen LogP contribution in [-0.2, 0) is 0 Å². The van der Waals surface area contributed by atoms with Gasteiger partial charge in [0.15, 0.2) is 0 Å². The van der Waals surface area contributed by atoms with Gasteiger partial charge < -0.3 is 4.90 Å². The molecule has 0 amide bonds. The highest BCUT2D eigenvalue weighted by Gasteiger charge is 2.23. The second-order valence-corrected chi connectivity index (χ2v) is 11.6. The molecule has 0 N–H and O–H groups in total. The molecular weight excluding hydrogens is 294 g/mol. The third-order valence-electron chi connectivity index (χ3n) is 6.03. The summed E-state index contributed by atoms with van der Waals surface area (Å²) in [5.41, 5.74) is 0. The van der Waals surface area contributed by atoms with Gasteiger partial charge in [0, 0.05) is 6.04 Å². The number of allylic oxidation sites excluding steroid dienone is 1.